The topological polar surface area (TPSA) is 550 Å². The summed E-state index contributed by atoms with van der Waals surface area (Å²) in [5.41, 5.74) is 2.78. The summed E-state index contributed by atoms with van der Waals surface area (Å²) in [7, 11) is 4.28. The Hall–Kier alpha value is -11.7. The van der Waals surface area contributed by atoms with E-state index in [0.29, 0.717) is 5.56 Å². The molecule has 11 bridgehead atoms. The van der Waals surface area contributed by atoms with Crippen LogP contribution in [0.2, 0.25) is 10.0 Å². The van der Waals surface area contributed by atoms with Crippen LogP contribution >= 0.6 is 23.2 Å². The second-order valence-electron chi connectivity index (χ2n) is 32.1. The summed E-state index contributed by atoms with van der Waals surface area (Å²) in [4.78, 5) is 135. The summed E-state index contributed by atoms with van der Waals surface area (Å²) in [6.07, 6.45) is -24.1. The highest BCUT2D eigenvalue weighted by Crippen LogP contribution is 2.52. The molecule has 1 aliphatic carbocycles. The highest BCUT2D eigenvalue weighted by atomic mass is 35.5. The molecule has 1 unspecified atom stereocenters. The van der Waals surface area contributed by atoms with Crippen molar-refractivity contribution in [3.63, 3.8) is 0 Å². The van der Waals surface area contributed by atoms with E-state index in [1.54, 1.807) is 31.2 Å². The molecule has 15 rings (SSSR count). The normalized spacial score (nSPS) is 27.5. The Balaban J connectivity index is 0.960. The van der Waals surface area contributed by atoms with E-state index >= 15 is 24.0 Å². The lowest BCUT2D eigenvalue weighted by atomic mass is 9.84. The highest BCUT2D eigenvalue weighted by molar-refractivity contribution is 6.32. The maximum Gasteiger partial charge on any atom is 0.573 e. The first-order chi connectivity index (χ1) is 59.5. The molecular formula is C84H91Cl2F3N12O25. The molecule has 7 heterocycles. The number of aliphatic hydroxyl groups excluding tert-OH is 6. The summed E-state index contributed by atoms with van der Waals surface area (Å²) in [6, 6.07) is 12.6. The number of likely N-dealkylation sites (N-methyl/N-ethyl adjacent to an activating group) is 1. The van der Waals surface area contributed by atoms with Crippen molar-refractivity contribution in [1.82, 2.24) is 53.0 Å². The average molecular weight is 1800 g/mol. The number of alkyl halides is 3. The van der Waals surface area contributed by atoms with Gasteiger partial charge < -0.3 is 133 Å². The number of anilines is 1. The first kappa shape index (κ1) is 91.9. The number of rotatable bonds is 19. The minimum absolute atomic E-state index is 0.00782. The van der Waals surface area contributed by atoms with Gasteiger partial charge in [-0.25, -0.2) is 5.01 Å². The van der Waals surface area contributed by atoms with Crippen LogP contribution in [0, 0.1) is 11.8 Å². The maximum absolute atomic E-state index is 16.4. The van der Waals surface area contributed by atoms with Crippen LogP contribution < -0.4 is 78.0 Å². The number of ether oxygens (including phenoxy) is 7. The standard InChI is InChI=1S/C84H91Cl2F3N12O25/c1-34(2)21-50(91-5)74(113)96-64-66(107)40-15-20-54(49(86)25-40)122-56-27-41-26-55(69(56)125-80-70(68(109)67(108)57(33-102)123-80)124-58-31-82(4,71(110)35(3)120-58)92-32-36-9-8-10-42(22-36)93-73(112)37-11-16-44(17-12-37)126-84(87,88)89)121-53-19-14-39(24-48(53)85)65(106)63-77(116)95-62(79(118)100-101(6)7)46-28-43(103)29-52(105)59(46)45-23-38(13-18-51(45)104)60(75(114)97-63)94-76(115)61(41)98-81(119)83(99-78(64)117)30-47(83)72(90)111/h8-20,22-29,34-35,47,50,57-58,60-68,70-71,80,91-92,102-110H,21,30-33H2,1-7H3,(H2,90,111)(H,93,112)(H,94,115)(H,95,116)(H,96,113)(H,97,114)(H,98,119)(H,99,117)(H,100,118)/t35-,47-,50+,57+,58-,60+,61+,62+,63-,64+,65+,66+,67+,68-,70+,71+,80-,82-,83?/m0/s1. The first-order valence-electron chi connectivity index (χ1n) is 39.5. The molecule has 0 aromatic heterocycles. The van der Waals surface area contributed by atoms with Gasteiger partial charge in [-0.15, -0.1) is 13.2 Å². The minimum Gasteiger partial charge on any atom is -0.508 e. The van der Waals surface area contributed by atoms with Gasteiger partial charge in [0.2, 0.25) is 53.4 Å². The van der Waals surface area contributed by atoms with Gasteiger partial charge in [-0.2, -0.15) is 0 Å². The van der Waals surface area contributed by atoms with Crippen molar-refractivity contribution in [2.24, 2.45) is 17.6 Å². The van der Waals surface area contributed by atoms with Crippen molar-refractivity contribution in [1.29, 1.82) is 0 Å². The molecule has 3 fully saturated rings. The lowest BCUT2D eigenvalue weighted by molar-refractivity contribution is -0.334. The number of halogens is 5. The molecule has 42 heteroatoms. The molecule has 672 valence electrons. The number of hydrogen-bond acceptors (Lipinski definition) is 28. The number of benzene rings is 7. The molecule has 7 aromatic carbocycles. The highest BCUT2D eigenvalue weighted by Gasteiger charge is 2.65. The Morgan fingerprint density at radius 1 is 0.714 bits per heavy atom. The zero-order chi connectivity index (χ0) is 91.2. The molecule has 37 nitrogen and oxygen atoms in total. The number of nitrogens with two attached hydrogens (primary N) is 1. The smallest absolute Gasteiger partial charge is 0.508 e. The fraction of sp³-hybridized carbons (Fsp3) is 0.393. The van der Waals surface area contributed by atoms with Crippen molar-refractivity contribution < 1.29 is 135 Å². The number of carbonyl (C=O) groups excluding carboxylic acids is 9. The molecule has 9 amide bonds. The molecule has 19 atom stereocenters. The second-order valence-corrected chi connectivity index (χ2v) is 32.9. The minimum atomic E-state index is -4.97. The van der Waals surface area contributed by atoms with E-state index in [0.717, 1.165) is 84.9 Å². The lowest BCUT2D eigenvalue weighted by Gasteiger charge is -2.48. The van der Waals surface area contributed by atoms with E-state index < -0.39 is 266 Å². The van der Waals surface area contributed by atoms with Gasteiger partial charge in [0, 0.05) is 61.0 Å². The number of amides is 9. The second kappa shape index (κ2) is 37.1. The predicted molar refractivity (Wildman–Crippen MR) is 436 cm³/mol. The van der Waals surface area contributed by atoms with Crippen LogP contribution in [0.15, 0.2) is 127 Å². The van der Waals surface area contributed by atoms with Crippen molar-refractivity contribution in [2.45, 2.75) is 169 Å². The Bertz CT molecular complexity index is 5390. The molecule has 0 radical (unpaired) electrons. The molecule has 7 aromatic rings. The molecule has 126 heavy (non-hydrogen) atoms. The van der Waals surface area contributed by atoms with Gasteiger partial charge in [0.15, 0.2) is 23.9 Å². The van der Waals surface area contributed by atoms with Crippen LogP contribution in [0.25, 0.3) is 11.1 Å². The third kappa shape index (κ3) is 19.7. The number of nitrogens with zero attached hydrogens (tertiary/aromatic N) is 1. The number of nitrogens with one attached hydrogen (secondary N) is 10. The van der Waals surface area contributed by atoms with E-state index in [-0.39, 0.29) is 59.0 Å². The van der Waals surface area contributed by atoms with Gasteiger partial charge in [0.1, 0.15) is 101 Å². The summed E-state index contributed by atoms with van der Waals surface area (Å²) in [6.45, 7) is 5.67. The van der Waals surface area contributed by atoms with E-state index in [9.17, 15) is 78.3 Å². The van der Waals surface area contributed by atoms with E-state index in [2.05, 4.69) is 58.0 Å². The maximum atomic E-state index is 16.4. The summed E-state index contributed by atoms with van der Waals surface area (Å²) < 4.78 is 82.2. The molecule has 21 N–H and O–H groups in total. The molecule has 1 spiro atoms. The van der Waals surface area contributed by atoms with Gasteiger partial charge in [0.05, 0.1) is 40.8 Å². The zero-order valence-corrected chi connectivity index (χ0v) is 69.5. The van der Waals surface area contributed by atoms with Crippen molar-refractivity contribution >= 4 is 82.1 Å². The van der Waals surface area contributed by atoms with Crippen LogP contribution in [0.5, 0.6) is 51.7 Å². The Morgan fingerprint density at radius 3 is 1.97 bits per heavy atom. The number of phenols is 3. The fourth-order valence-corrected chi connectivity index (χ4v) is 16.2. The fourth-order valence-electron chi connectivity index (χ4n) is 15.7. The quantitative estimate of drug-likeness (QED) is 0.0514. The Labute approximate surface area is 725 Å². The monoisotopic (exact) mass is 1790 g/mol. The number of carbonyl (C=O) groups is 9. The van der Waals surface area contributed by atoms with Gasteiger partial charge in [-0.1, -0.05) is 67.4 Å². The number of hydrazine groups is 1. The summed E-state index contributed by atoms with van der Waals surface area (Å²) in [5, 5.41) is 132. The summed E-state index contributed by atoms with van der Waals surface area (Å²) >= 11 is 14.4. The molecule has 1 saturated carbocycles. The molecule has 8 aliphatic rings. The van der Waals surface area contributed by atoms with Crippen LogP contribution in [0.3, 0.4) is 0 Å². The molecule has 2 saturated heterocycles. The van der Waals surface area contributed by atoms with Crippen molar-refractivity contribution in [3.8, 4) is 62.9 Å². The van der Waals surface area contributed by atoms with Crippen LogP contribution in [0.1, 0.15) is 121 Å². The Morgan fingerprint density at radius 2 is 1.36 bits per heavy atom. The van der Waals surface area contributed by atoms with Crippen LogP contribution in [-0.2, 0) is 59.1 Å². The number of aromatic hydroxyl groups is 3. The SMILES string of the molecule is CN[C@H](CC(C)C)C(=O)N[C@H]1C(=O)NC2(C[C@H]2C(N)=O)C(=O)N[C@H]2C(=O)N[C@H]3C(=O)N[C@H](C(=O)N[C@@H](C(=O)NN(C)C)c4cc(O)cc(O)c4-c4cc3ccc4O)[C@H](O)c3ccc(c(Cl)c3)Oc3cc2cc(c3O[C@@H]2O[C@H](CO)[C@@H](O)[C@H](O)[C@H]2O[C@H]2C[C@](C)(NCc3cccc(NC(=O)c4ccc(OC(F)(F)F)cc4)c3)[C@H](O)[C@H](C)O2)Oc2ccc(cc2Cl)[C@H]1O. The average Bonchev–Trinajstić information content (AvgIpc) is 1.51. The van der Waals surface area contributed by atoms with Gasteiger partial charge in [-0.05, 0) is 164 Å². The third-order valence-electron chi connectivity index (χ3n) is 22.3. The van der Waals surface area contributed by atoms with Gasteiger partial charge in [-0.3, -0.25) is 48.6 Å². The van der Waals surface area contributed by atoms with E-state index in [4.69, 9.17) is 57.4 Å². The number of hydrogen-bond donors (Lipinski definition) is 20. The van der Waals surface area contributed by atoms with Gasteiger partial charge in [0.25, 0.3) is 11.8 Å². The molecule has 7 aliphatic heterocycles. The van der Waals surface area contributed by atoms with E-state index in [1.807, 2.05) is 13.8 Å². The summed E-state index contributed by atoms with van der Waals surface area (Å²) in [5.74, 6) is -18.0. The number of phenolic OH excluding ortho intramolecular Hbond substituents is 3. The largest absolute Gasteiger partial charge is 0.573 e. The first-order valence-corrected chi connectivity index (χ1v) is 40.3. The zero-order valence-electron chi connectivity index (χ0n) is 68.0. The van der Waals surface area contributed by atoms with E-state index in [1.165, 1.54) is 51.3 Å². The number of primary amides is 1. The lowest BCUT2D eigenvalue weighted by Crippen LogP contribution is -2.65. The molecular weight excluding hydrogens is 1700 g/mol. The Kier molecular flexibility index (Phi) is 27.0. The number of aliphatic hydroxyl groups is 6. The van der Waals surface area contributed by atoms with Crippen molar-refractivity contribution in [3.05, 3.63) is 176 Å². The van der Waals surface area contributed by atoms with Crippen LogP contribution in [-0.4, -0.2) is 217 Å². The van der Waals surface area contributed by atoms with Crippen LogP contribution in [0.4, 0.5) is 18.9 Å². The predicted octanol–water partition coefficient (Wildman–Crippen LogP) is 3.60. The van der Waals surface area contributed by atoms with Crippen molar-refractivity contribution in [2.75, 3.05) is 33.1 Å². The van der Waals surface area contributed by atoms with Gasteiger partial charge >= 0.3 is 6.36 Å². The number of fused-ring (bicyclic) bond motifs is 13. The third-order valence-corrected chi connectivity index (χ3v) is 22.9.